The lowest BCUT2D eigenvalue weighted by Gasteiger charge is -2.13. The first-order chi connectivity index (χ1) is 16.6. The molecule has 1 amide bonds. The number of aromatic amines is 1. The van der Waals surface area contributed by atoms with Gasteiger partial charge in [0.05, 0.1) is 26.1 Å². The van der Waals surface area contributed by atoms with E-state index >= 15 is 0 Å². The van der Waals surface area contributed by atoms with Crippen LogP contribution in [0.15, 0.2) is 88.8 Å². The molecular formula is C26H22N4O4. The standard InChI is InChI=1S/C26H22N4O4/c1-33-20-14-13-19(21(15-20)34-2)16-27-29-25(31)23-22(17-9-5-3-6-10-17)24(28-30-26(23)32)18-11-7-4-8-12-18/h3-16H,1-2H3,(H,29,31)(H,30,32). The molecule has 0 aliphatic heterocycles. The fourth-order valence-corrected chi connectivity index (χ4v) is 3.50. The van der Waals surface area contributed by atoms with E-state index in [1.54, 1.807) is 25.3 Å². The van der Waals surface area contributed by atoms with Crippen LogP contribution in [0.2, 0.25) is 0 Å². The number of benzene rings is 3. The van der Waals surface area contributed by atoms with Crippen LogP contribution in [0.3, 0.4) is 0 Å². The molecule has 0 saturated heterocycles. The average molecular weight is 454 g/mol. The smallest absolute Gasteiger partial charge is 0.277 e. The minimum atomic E-state index is -0.664. The van der Waals surface area contributed by atoms with Gasteiger partial charge in [0, 0.05) is 22.8 Å². The number of methoxy groups -OCH3 is 2. The van der Waals surface area contributed by atoms with Crippen molar-refractivity contribution >= 4 is 12.1 Å². The van der Waals surface area contributed by atoms with Crippen LogP contribution in [0.25, 0.3) is 22.4 Å². The Labute approximate surface area is 195 Å². The molecule has 0 fully saturated rings. The summed E-state index contributed by atoms with van der Waals surface area (Å²) in [5.41, 5.74) is 4.73. The lowest BCUT2D eigenvalue weighted by Crippen LogP contribution is -2.28. The molecule has 0 unspecified atom stereocenters. The summed E-state index contributed by atoms with van der Waals surface area (Å²) in [6.45, 7) is 0. The third-order valence-corrected chi connectivity index (χ3v) is 5.13. The van der Waals surface area contributed by atoms with E-state index in [1.165, 1.54) is 13.3 Å². The second-order valence-electron chi connectivity index (χ2n) is 7.19. The second-order valence-corrected chi connectivity index (χ2v) is 7.19. The lowest BCUT2D eigenvalue weighted by molar-refractivity contribution is 0.0954. The van der Waals surface area contributed by atoms with Gasteiger partial charge in [-0.25, -0.2) is 10.5 Å². The zero-order chi connectivity index (χ0) is 23.9. The zero-order valence-corrected chi connectivity index (χ0v) is 18.6. The first-order valence-electron chi connectivity index (χ1n) is 10.4. The van der Waals surface area contributed by atoms with Crippen LogP contribution in [-0.4, -0.2) is 36.5 Å². The molecule has 170 valence electrons. The number of rotatable bonds is 7. The first kappa shape index (κ1) is 22.5. The van der Waals surface area contributed by atoms with Crippen LogP contribution in [0, 0.1) is 0 Å². The molecule has 8 nitrogen and oxygen atoms in total. The summed E-state index contributed by atoms with van der Waals surface area (Å²) in [5.74, 6) is 0.487. The van der Waals surface area contributed by atoms with Gasteiger partial charge in [-0.1, -0.05) is 60.7 Å². The molecule has 0 spiro atoms. The van der Waals surface area contributed by atoms with Gasteiger partial charge in [0.25, 0.3) is 11.5 Å². The Hall–Kier alpha value is -4.72. The molecule has 0 saturated carbocycles. The van der Waals surface area contributed by atoms with E-state index in [1.807, 2.05) is 60.7 Å². The summed E-state index contributed by atoms with van der Waals surface area (Å²) in [4.78, 5) is 25.9. The number of nitrogens with one attached hydrogen (secondary N) is 2. The minimum Gasteiger partial charge on any atom is -0.497 e. The Morgan fingerprint density at radius 1 is 0.941 bits per heavy atom. The summed E-state index contributed by atoms with van der Waals surface area (Å²) >= 11 is 0. The Morgan fingerprint density at radius 3 is 2.26 bits per heavy atom. The van der Waals surface area contributed by atoms with E-state index in [0.717, 1.165) is 5.56 Å². The molecule has 1 heterocycles. The van der Waals surface area contributed by atoms with Crippen molar-refractivity contribution in [3.63, 3.8) is 0 Å². The van der Waals surface area contributed by atoms with Gasteiger partial charge >= 0.3 is 0 Å². The number of carbonyl (C=O) groups excluding carboxylic acids is 1. The number of amides is 1. The van der Waals surface area contributed by atoms with Gasteiger partial charge in [-0.05, 0) is 17.7 Å². The van der Waals surface area contributed by atoms with Gasteiger partial charge in [0.2, 0.25) is 0 Å². The molecule has 34 heavy (non-hydrogen) atoms. The van der Waals surface area contributed by atoms with Gasteiger partial charge in [0.1, 0.15) is 17.1 Å². The third kappa shape index (κ3) is 4.71. The molecule has 4 rings (SSSR count). The number of hydrogen-bond donors (Lipinski definition) is 2. The van der Waals surface area contributed by atoms with E-state index in [2.05, 4.69) is 20.7 Å². The highest BCUT2D eigenvalue weighted by atomic mass is 16.5. The SMILES string of the molecule is COc1ccc(C=NNC(=O)c2c(-c3ccccc3)c(-c3ccccc3)n[nH]c2=O)c(OC)c1. The summed E-state index contributed by atoms with van der Waals surface area (Å²) in [6, 6.07) is 23.7. The third-order valence-electron chi connectivity index (χ3n) is 5.13. The molecule has 0 aliphatic rings. The van der Waals surface area contributed by atoms with Gasteiger partial charge in [-0.2, -0.15) is 10.2 Å². The Morgan fingerprint density at radius 2 is 1.62 bits per heavy atom. The average Bonchev–Trinajstić information content (AvgIpc) is 2.89. The van der Waals surface area contributed by atoms with Crippen molar-refractivity contribution in [1.82, 2.24) is 15.6 Å². The number of hydrogen-bond acceptors (Lipinski definition) is 6. The number of ether oxygens (including phenoxy) is 2. The van der Waals surface area contributed by atoms with Gasteiger partial charge < -0.3 is 9.47 Å². The Kier molecular flexibility index (Phi) is 6.78. The molecule has 8 heteroatoms. The fourth-order valence-electron chi connectivity index (χ4n) is 3.50. The van der Waals surface area contributed by atoms with Gasteiger partial charge in [-0.15, -0.1) is 0 Å². The van der Waals surface area contributed by atoms with E-state index in [-0.39, 0.29) is 5.56 Å². The summed E-state index contributed by atoms with van der Waals surface area (Å²) in [7, 11) is 3.08. The summed E-state index contributed by atoms with van der Waals surface area (Å²) in [6.07, 6.45) is 1.44. The van der Waals surface area contributed by atoms with Crippen molar-refractivity contribution in [3.8, 4) is 33.9 Å². The molecule has 0 atom stereocenters. The van der Waals surface area contributed by atoms with Crippen LogP contribution in [0.1, 0.15) is 15.9 Å². The normalized spacial score (nSPS) is 10.8. The predicted molar refractivity (Wildman–Crippen MR) is 130 cm³/mol. The van der Waals surface area contributed by atoms with Crippen LogP contribution < -0.4 is 20.5 Å². The van der Waals surface area contributed by atoms with Crippen molar-refractivity contribution in [3.05, 3.63) is 100 Å². The van der Waals surface area contributed by atoms with Crippen LogP contribution in [0.4, 0.5) is 0 Å². The molecule has 0 aliphatic carbocycles. The van der Waals surface area contributed by atoms with Crippen LogP contribution in [-0.2, 0) is 0 Å². The van der Waals surface area contributed by atoms with E-state index in [9.17, 15) is 9.59 Å². The monoisotopic (exact) mass is 454 g/mol. The molecule has 3 aromatic carbocycles. The summed E-state index contributed by atoms with van der Waals surface area (Å²) in [5, 5.41) is 10.7. The first-order valence-corrected chi connectivity index (χ1v) is 10.4. The number of H-pyrrole nitrogens is 1. The Bertz CT molecular complexity index is 1380. The highest BCUT2D eigenvalue weighted by Gasteiger charge is 2.22. The van der Waals surface area contributed by atoms with E-state index in [0.29, 0.717) is 33.9 Å². The maximum atomic E-state index is 13.2. The predicted octanol–water partition coefficient (Wildman–Crippen LogP) is 3.89. The highest BCUT2D eigenvalue weighted by Crippen LogP contribution is 2.31. The molecule has 4 aromatic rings. The maximum Gasteiger partial charge on any atom is 0.277 e. The molecular weight excluding hydrogens is 432 g/mol. The van der Waals surface area contributed by atoms with Gasteiger partial charge in [0.15, 0.2) is 0 Å². The molecule has 0 bridgehead atoms. The topological polar surface area (TPSA) is 106 Å². The van der Waals surface area contributed by atoms with Crippen molar-refractivity contribution in [2.24, 2.45) is 5.10 Å². The second kappa shape index (κ2) is 10.3. The summed E-state index contributed by atoms with van der Waals surface area (Å²) < 4.78 is 10.5. The maximum absolute atomic E-state index is 13.2. The highest BCUT2D eigenvalue weighted by molar-refractivity contribution is 6.04. The van der Waals surface area contributed by atoms with Crippen molar-refractivity contribution in [2.75, 3.05) is 14.2 Å². The molecule has 1 aromatic heterocycles. The van der Waals surface area contributed by atoms with Crippen molar-refractivity contribution < 1.29 is 14.3 Å². The Balaban J connectivity index is 1.74. The molecule has 2 N–H and O–H groups in total. The lowest BCUT2D eigenvalue weighted by atomic mass is 9.95. The number of aromatic nitrogens is 2. The molecule has 0 radical (unpaired) electrons. The quantitative estimate of drug-likeness (QED) is 0.326. The van der Waals surface area contributed by atoms with Crippen LogP contribution >= 0.6 is 0 Å². The number of carbonyl (C=O) groups is 1. The minimum absolute atomic E-state index is 0.0844. The van der Waals surface area contributed by atoms with Crippen molar-refractivity contribution in [2.45, 2.75) is 0 Å². The largest absolute Gasteiger partial charge is 0.497 e. The van der Waals surface area contributed by atoms with E-state index < -0.39 is 11.5 Å². The fraction of sp³-hybridized carbons (Fsp3) is 0.0769. The number of hydrazone groups is 1. The van der Waals surface area contributed by atoms with E-state index in [4.69, 9.17) is 9.47 Å². The van der Waals surface area contributed by atoms with Crippen molar-refractivity contribution in [1.29, 1.82) is 0 Å². The van der Waals surface area contributed by atoms with Gasteiger partial charge in [-0.3, -0.25) is 9.59 Å². The number of nitrogens with zero attached hydrogens (tertiary/aromatic N) is 2. The zero-order valence-electron chi connectivity index (χ0n) is 18.6. The van der Waals surface area contributed by atoms with Crippen LogP contribution in [0.5, 0.6) is 11.5 Å².